The topological polar surface area (TPSA) is 78.5 Å². The van der Waals surface area contributed by atoms with Gasteiger partial charge in [0.15, 0.2) is 0 Å². The number of anilines is 2. The number of nitrogens with one attached hydrogen (secondary N) is 2. The smallest absolute Gasteiger partial charge is 0.321 e. The number of hydrogen-bond acceptors (Lipinski definition) is 4. The molecule has 2 N–H and O–H groups in total. The average Bonchev–Trinajstić information content (AvgIpc) is 2.42. The Hall–Kier alpha value is -1.48. The predicted octanol–water partition coefficient (Wildman–Crippen LogP) is 1.78. The van der Waals surface area contributed by atoms with E-state index in [0.29, 0.717) is 13.1 Å². The second-order valence-corrected chi connectivity index (χ2v) is 7.57. The highest BCUT2D eigenvalue weighted by atomic mass is 32.2. The molecule has 0 aliphatic carbocycles. The van der Waals surface area contributed by atoms with Gasteiger partial charge >= 0.3 is 6.03 Å². The highest BCUT2D eigenvalue weighted by Gasteiger charge is 2.18. The van der Waals surface area contributed by atoms with Gasteiger partial charge in [0.05, 0.1) is 17.6 Å². The zero-order chi connectivity index (χ0) is 15.5. The molecule has 0 radical (unpaired) electrons. The third-order valence-corrected chi connectivity index (χ3v) is 4.36. The molecule has 0 bridgehead atoms. The highest BCUT2D eigenvalue weighted by molar-refractivity contribution is 7.99. The first-order chi connectivity index (χ1) is 9.85. The van der Waals surface area contributed by atoms with Crippen molar-refractivity contribution >= 4 is 39.2 Å². The zero-order valence-electron chi connectivity index (χ0n) is 11.4. The summed E-state index contributed by atoms with van der Waals surface area (Å²) in [4.78, 5) is 13.6. The van der Waals surface area contributed by atoms with Crippen LogP contribution >= 0.6 is 11.8 Å². The fourth-order valence-electron chi connectivity index (χ4n) is 1.86. The normalized spacial score (nSPS) is 15.6. The maximum atomic E-state index is 13.7. The van der Waals surface area contributed by atoms with Gasteiger partial charge in [-0.2, -0.15) is 11.8 Å². The molecule has 1 aromatic carbocycles. The van der Waals surface area contributed by atoms with E-state index in [-0.39, 0.29) is 17.4 Å². The monoisotopic (exact) mass is 333 g/mol. The number of thioether (sulfide) groups is 1. The van der Waals surface area contributed by atoms with E-state index in [2.05, 4.69) is 10.0 Å². The van der Waals surface area contributed by atoms with Crippen LogP contribution in [-0.4, -0.2) is 50.2 Å². The van der Waals surface area contributed by atoms with E-state index in [4.69, 9.17) is 0 Å². The zero-order valence-corrected chi connectivity index (χ0v) is 13.1. The molecule has 6 nitrogen and oxygen atoms in total. The first-order valence-electron chi connectivity index (χ1n) is 6.26. The molecule has 1 fully saturated rings. The van der Waals surface area contributed by atoms with Crippen LogP contribution in [0.25, 0.3) is 0 Å². The van der Waals surface area contributed by atoms with Gasteiger partial charge in [0.25, 0.3) is 0 Å². The van der Waals surface area contributed by atoms with Crippen LogP contribution in [-0.2, 0) is 10.0 Å². The average molecular weight is 333 g/mol. The quantitative estimate of drug-likeness (QED) is 0.884. The van der Waals surface area contributed by atoms with Crippen molar-refractivity contribution in [1.82, 2.24) is 4.90 Å². The van der Waals surface area contributed by atoms with Crippen molar-refractivity contribution in [1.29, 1.82) is 0 Å². The summed E-state index contributed by atoms with van der Waals surface area (Å²) >= 11 is 1.76. The fraction of sp³-hybridized carbons (Fsp3) is 0.417. The number of urea groups is 1. The Bertz CT molecular complexity index is 631. The van der Waals surface area contributed by atoms with Crippen molar-refractivity contribution in [3.05, 3.63) is 24.0 Å². The minimum absolute atomic E-state index is 0.0492. The molecular formula is C12H16FN3O3S2. The van der Waals surface area contributed by atoms with Crippen molar-refractivity contribution in [3.8, 4) is 0 Å². The lowest BCUT2D eigenvalue weighted by molar-refractivity contribution is 0.217. The summed E-state index contributed by atoms with van der Waals surface area (Å²) in [6.07, 6.45) is 1.00. The number of carbonyl (C=O) groups excluding carboxylic acids is 1. The number of nitrogens with zero attached hydrogens (tertiary/aromatic N) is 1. The molecule has 21 heavy (non-hydrogen) atoms. The Morgan fingerprint density at radius 1 is 1.33 bits per heavy atom. The molecule has 116 valence electrons. The van der Waals surface area contributed by atoms with E-state index >= 15 is 0 Å². The summed E-state index contributed by atoms with van der Waals surface area (Å²) in [7, 11) is -3.45. The summed E-state index contributed by atoms with van der Waals surface area (Å²) in [5, 5.41) is 2.47. The Morgan fingerprint density at radius 2 is 2.00 bits per heavy atom. The third kappa shape index (κ3) is 4.78. The molecular weight excluding hydrogens is 317 g/mol. The molecule has 1 heterocycles. The number of rotatable bonds is 3. The molecule has 0 unspecified atom stereocenters. The van der Waals surface area contributed by atoms with Crippen LogP contribution in [0.3, 0.4) is 0 Å². The van der Waals surface area contributed by atoms with E-state index in [0.717, 1.165) is 23.8 Å². The lowest BCUT2D eigenvalue weighted by atomic mass is 10.2. The Kier molecular flexibility index (Phi) is 4.94. The Morgan fingerprint density at radius 3 is 2.62 bits per heavy atom. The number of sulfonamides is 1. The highest BCUT2D eigenvalue weighted by Crippen LogP contribution is 2.21. The summed E-state index contributed by atoms with van der Waals surface area (Å²) in [6, 6.07) is 3.27. The molecule has 0 spiro atoms. The fourth-order valence-corrected chi connectivity index (χ4v) is 3.32. The van der Waals surface area contributed by atoms with Gasteiger partial charge in [0, 0.05) is 24.6 Å². The summed E-state index contributed by atoms with van der Waals surface area (Å²) < 4.78 is 38.3. The van der Waals surface area contributed by atoms with Gasteiger partial charge in [0.1, 0.15) is 5.82 Å². The number of carbonyl (C=O) groups is 1. The molecule has 2 amide bonds. The van der Waals surface area contributed by atoms with E-state index in [1.165, 1.54) is 12.1 Å². The summed E-state index contributed by atoms with van der Waals surface area (Å²) in [5.74, 6) is 1.09. The molecule has 0 aromatic heterocycles. The molecule has 1 aliphatic rings. The van der Waals surface area contributed by atoms with Crippen molar-refractivity contribution in [2.45, 2.75) is 0 Å². The second kappa shape index (κ2) is 6.52. The molecule has 2 rings (SSSR count). The predicted molar refractivity (Wildman–Crippen MR) is 82.8 cm³/mol. The van der Waals surface area contributed by atoms with Crippen LogP contribution in [0, 0.1) is 5.82 Å². The van der Waals surface area contributed by atoms with E-state index < -0.39 is 15.8 Å². The molecule has 1 aromatic rings. The van der Waals surface area contributed by atoms with Crippen LogP contribution in [0.1, 0.15) is 0 Å². The molecule has 1 aliphatic heterocycles. The molecule has 0 atom stereocenters. The number of hydrogen-bond donors (Lipinski definition) is 2. The minimum atomic E-state index is -3.45. The van der Waals surface area contributed by atoms with Gasteiger partial charge in [-0.3, -0.25) is 4.72 Å². The second-order valence-electron chi connectivity index (χ2n) is 4.60. The molecule has 0 saturated carbocycles. The Labute approximate surface area is 127 Å². The van der Waals surface area contributed by atoms with Gasteiger partial charge in [-0.05, 0) is 18.2 Å². The maximum absolute atomic E-state index is 13.7. The first kappa shape index (κ1) is 15.9. The third-order valence-electron chi connectivity index (χ3n) is 2.81. The van der Waals surface area contributed by atoms with Crippen LogP contribution in [0.4, 0.5) is 20.6 Å². The number of amides is 2. The molecule has 1 saturated heterocycles. The van der Waals surface area contributed by atoms with E-state index in [1.807, 2.05) is 0 Å². The summed E-state index contributed by atoms with van der Waals surface area (Å²) in [6.45, 7) is 1.22. The first-order valence-corrected chi connectivity index (χ1v) is 9.31. The Balaban J connectivity index is 2.11. The number of benzene rings is 1. The van der Waals surface area contributed by atoms with Crippen molar-refractivity contribution in [3.63, 3.8) is 0 Å². The van der Waals surface area contributed by atoms with Crippen LogP contribution < -0.4 is 10.0 Å². The lowest BCUT2D eigenvalue weighted by Gasteiger charge is -2.26. The van der Waals surface area contributed by atoms with Crippen molar-refractivity contribution < 1.29 is 17.6 Å². The maximum Gasteiger partial charge on any atom is 0.321 e. The van der Waals surface area contributed by atoms with Crippen LogP contribution in [0.2, 0.25) is 0 Å². The van der Waals surface area contributed by atoms with Crippen LogP contribution in [0.15, 0.2) is 18.2 Å². The minimum Gasteiger partial charge on any atom is -0.323 e. The van der Waals surface area contributed by atoms with E-state index in [9.17, 15) is 17.6 Å². The largest absolute Gasteiger partial charge is 0.323 e. The lowest BCUT2D eigenvalue weighted by Crippen LogP contribution is -2.40. The van der Waals surface area contributed by atoms with Crippen molar-refractivity contribution in [2.24, 2.45) is 0 Å². The van der Waals surface area contributed by atoms with Gasteiger partial charge in [-0.1, -0.05) is 0 Å². The van der Waals surface area contributed by atoms with Gasteiger partial charge < -0.3 is 10.2 Å². The van der Waals surface area contributed by atoms with Gasteiger partial charge in [-0.15, -0.1) is 0 Å². The van der Waals surface area contributed by atoms with Crippen molar-refractivity contribution in [2.75, 3.05) is 40.9 Å². The molecule has 9 heteroatoms. The van der Waals surface area contributed by atoms with Gasteiger partial charge in [0.2, 0.25) is 10.0 Å². The van der Waals surface area contributed by atoms with Gasteiger partial charge in [-0.25, -0.2) is 17.6 Å². The SMILES string of the molecule is CS(=O)(=O)Nc1ccc(F)c(NC(=O)N2CCSCC2)c1. The van der Waals surface area contributed by atoms with E-state index in [1.54, 1.807) is 16.7 Å². The standard InChI is InChI=1S/C12H16FN3O3S2/c1-21(18,19)15-9-2-3-10(13)11(8-9)14-12(17)16-4-6-20-7-5-16/h2-3,8,15H,4-7H2,1H3,(H,14,17). The van der Waals surface area contributed by atoms with Crippen LogP contribution in [0.5, 0.6) is 0 Å². The summed E-state index contributed by atoms with van der Waals surface area (Å²) in [5.41, 5.74) is 0.148. The number of halogens is 1.